The van der Waals surface area contributed by atoms with Crippen LogP contribution in [0.25, 0.3) is 0 Å². The number of aromatic nitrogens is 2. The lowest BCUT2D eigenvalue weighted by Crippen LogP contribution is -2.27. The van der Waals surface area contributed by atoms with Crippen molar-refractivity contribution in [1.82, 2.24) is 14.3 Å². The number of imidazole rings is 1. The third kappa shape index (κ3) is 3.20. The summed E-state index contributed by atoms with van der Waals surface area (Å²) in [6, 6.07) is 3.35. The number of sulfonamides is 1. The molecule has 0 unspecified atom stereocenters. The molecule has 0 aliphatic rings. The largest absolute Gasteiger partial charge is 0.347 e. The highest BCUT2D eigenvalue weighted by Gasteiger charge is 2.25. The highest BCUT2D eigenvalue weighted by Crippen LogP contribution is 2.28. The van der Waals surface area contributed by atoms with Crippen LogP contribution in [0.4, 0.5) is 5.69 Å². The van der Waals surface area contributed by atoms with Crippen LogP contribution >= 0.6 is 11.6 Å². The molecule has 0 spiro atoms. The number of nitrogens with zero attached hydrogens (tertiary/aromatic N) is 3. The van der Waals surface area contributed by atoms with E-state index >= 15 is 0 Å². The van der Waals surface area contributed by atoms with Gasteiger partial charge >= 0.3 is 0 Å². The van der Waals surface area contributed by atoms with Gasteiger partial charge in [0.25, 0.3) is 5.69 Å². The predicted octanol–water partition coefficient (Wildman–Crippen LogP) is 1.79. The molecule has 1 heterocycles. The molecular formula is C11H11ClN4O4S. The second kappa shape index (κ2) is 5.80. The van der Waals surface area contributed by atoms with Crippen LogP contribution < -0.4 is 0 Å². The SMILES string of the molecule is CN(Cc1ncc[nH]1)S(=O)(=O)c1ccc(Cl)c([N+](=O)[O-])c1. The van der Waals surface area contributed by atoms with Gasteiger partial charge in [-0.3, -0.25) is 10.1 Å². The molecule has 0 saturated carbocycles. The van der Waals surface area contributed by atoms with E-state index in [9.17, 15) is 18.5 Å². The van der Waals surface area contributed by atoms with E-state index in [2.05, 4.69) is 9.97 Å². The van der Waals surface area contributed by atoms with Gasteiger partial charge in [-0.2, -0.15) is 4.31 Å². The lowest BCUT2D eigenvalue weighted by Gasteiger charge is -2.15. The van der Waals surface area contributed by atoms with E-state index in [1.54, 1.807) is 6.20 Å². The number of halogens is 1. The van der Waals surface area contributed by atoms with Crippen molar-refractivity contribution >= 4 is 27.3 Å². The van der Waals surface area contributed by atoms with E-state index < -0.39 is 20.6 Å². The lowest BCUT2D eigenvalue weighted by atomic mass is 10.3. The van der Waals surface area contributed by atoms with E-state index in [-0.39, 0.29) is 16.5 Å². The Morgan fingerprint density at radius 3 is 2.76 bits per heavy atom. The summed E-state index contributed by atoms with van der Waals surface area (Å²) in [6.07, 6.45) is 3.08. The first-order chi connectivity index (χ1) is 9.82. The van der Waals surface area contributed by atoms with Gasteiger partial charge in [-0.05, 0) is 12.1 Å². The number of hydrogen-bond donors (Lipinski definition) is 1. The molecule has 0 radical (unpaired) electrons. The number of nitro groups is 1. The second-order valence-electron chi connectivity index (χ2n) is 4.17. The highest BCUT2D eigenvalue weighted by atomic mass is 35.5. The zero-order chi connectivity index (χ0) is 15.6. The van der Waals surface area contributed by atoms with Crippen LogP contribution in [0.5, 0.6) is 0 Å². The molecule has 0 atom stereocenters. The number of rotatable bonds is 5. The monoisotopic (exact) mass is 330 g/mol. The van der Waals surface area contributed by atoms with Crippen molar-refractivity contribution in [3.63, 3.8) is 0 Å². The Morgan fingerprint density at radius 1 is 1.48 bits per heavy atom. The number of H-pyrrole nitrogens is 1. The summed E-state index contributed by atoms with van der Waals surface area (Å²) in [4.78, 5) is 16.6. The summed E-state index contributed by atoms with van der Waals surface area (Å²) in [6.45, 7) is 0.0196. The predicted molar refractivity (Wildman–Crippen MR) is 75.3 cm³/mol. The molecular weight excluding hydrogens is 320 g/mol. The third-order valence-corrected chi connectivity index (χ3v) is 4.87. The molecule has 8 nitrogen and oxygen atoms in total. The number of benzene rings is 1. The van der Waals surface area contributed by atoms with Gasteiger partial charge in [-0.1, -0.05) is 11.6 Å². The van der Waals surface area contributed by atoms with Gasteiger partial charge in [0.2, 0.25) is 10.0 Å². The number of nitrogens with one attached hydrogen (secondary N) is 1. The Balaban J connectivity index is 2.35. The summed E-state index contributed by atoms with van der Waals surface area (Å²) in [5, 5.41) is 10.7. The molecule has 0 aliphatic carbocycles. The van der Waals surface area contributed by atoms with Crippen molar-refractivity contribution in [2.45, 2.75) is 11.4 Å². The Hall–Kier alpha value is -1.97. The molecule has 1 aromatic carbocycles. The maximum Gasteiger partial charge on any atom is 0.289 e. The van der Waals surface area contributed by atoms with E-state index in [4.69, 9.17) is 11.6 Å². The molecule has 21 heavy (non-hydrogen) atoms. The van der Waals surface area contributed by atoms with Gasteiger partial charge in [0, 0.05) is 25.5 Å². The van der Waals surface area contributed by atoms with Crippen LogP contribution in [-0.4, -0.2) is 34.7 Å². The molecule has 0 aliphatic heterocycles. The first kappa shape index (κ1) is 15.4. The minimum absolute atomic E-state index is 0.0196. The normalized spacial score (nSPS) is 11.8. The average molecular weight is 331 g/mol. The Morgan fingerprint density at radius 2 is 2.19 bits per heavy atom. The summed E-state index contributed by atoms with van der Waals surface area (Å²) >= 11 is 5.67. The summed E-state index contributed by atoms with van der Waals surface area (Å²) < 4.78 is 25.8. The first-order valence-corrected chi connectivity index (χ1v) is 7.52. The van der Waals surface area contributed by atoms with E-state index in [1.807, 2.05) is 0 Å². The molecule has 0 saturated heterocycles. The first-order valence-electron chi connectivity index (χ1n) is 5.71. The number of hydrogen-bond acceptors (Lipinski definition) is 5. The van der Waals surface area contributed by atoms with Gasteiger partial charge in [-0.15, -0.1) is 0 Å². The molecule has 0 fully saturated rings. The lowest BCUT2D eigenvalue weighted by molar-refractivity contribution is -0.384. The van der Waals surface area contributed by atoms with E-state index in [0.29, 0.717) is 5.82 Å². The van der Waals surface area contributed by atoms with Gasteiger partial charge in [0.15, 0.2) is 0 Å². The maximum absolute atomic E-state index is 12.4. The van der Waals surface area contributed by atoms with Crippen LogP contribution in [0.2, 0.25) is 5.02 Å². The second-order valence-corrected chi connectivity index (χ2v) is 6.62. The molecule has 1 aromatic heterocycles. The van der Waals surface area contributed by atoms with Gasteiger partial charge in [0.05, 0.1) is 16.4 Å². The van der Waals surface area contributed by atoms with Crippen molar-refractivity contribution in [3.8, 4) is 0 Å². The topological polar surface area (TPSA) is 109 Å². The molecule has 112 valence electrons. The highest BCUT2D eigenvalue weighted by molar-refractivity contribution is 7.89. The van der Waals surface area contributed by atoms with E-state index in [1.165, 1.54) is 25.4 Å². The van der Waals surface area contributed by atoms with Gasteiger partial charge in [0.1, 0.15) is 10.8 Å². The van der Waals surface area contributed by atoms with Crippen LogP contribution in [-0.2, 0) is 16.6 Å². The van der Waals surface area contributed by atoms with Crippen LogP contribution in [0, 0.1) is 10.1 Å². The zero-order valence-electron chi connectivity index (χ0n) is 10.9. The summed E-state index contributed by atoms with van der Waals surface area (Å²) in [5.74, 6) is 0.463. The van der Waals surface area contributed by atoms with Gasteiger partial charge in [-0.25, -0.2) is 13.4 Å². The minimum Gasteiger partial charge on any atom is -0.347 e. The van der Waals surface area contributed by atoms with Gasteiger partial charge < -0.3 is 4.98 Å². The zero-order valence-corrected chi connectivity index (χ0v) is 12.4. The quantitative estimate of drug-likeness (QED) is 0.664. The molecule has 0 bridgehead atoms. The fourth-order valence-corrected chi connectivity index (χ4v) is 2.99. The Kier molecular flexibility index (Phi) is 4.26. The molecule has 2 rings (SSSR count). The summed E-state index contributed by atoms with van der Waals surface area (Å²) in [7, 11) is -2.52. The van der Waals surface area contributed by atoms with Crippen LogP contribution in [0.15, 0.2) is 35.5 Å². The van der Waals surface area contributed by atoms with Crippen molar-refractivity contribution in [1.29, 1.82) is 0 Å². The van der Waals surface area contributed by atoms with E-state index in [0.717, 1.165) is 10.4 Å². The Labute approximate surface area is 125 Å². The standard InChI is InChI=1S/C11H11ClN4O4S/c1-15(7-11-13-4-5-14-11)21(19,20)8-2-3-9(12)10(6-8)16(17)18/h2-6H,7H2,1H3,(H,13,14). The van der Waals surface area contributed by atoms with Crippen molar-refractivity contribution in [2.24, 2.45) is 0 Å². The fourth-order valence-electron chi connectivity index (χ4n) is 1.65. The number of aromatic amines is 1. The van der Waals surface area contributed by atoms with Crippen LogP contribution in [0.3, 0.4) is 0 Å². The number of nitro benzene ring substituents is 1. The van der Waals surface area contributed by atoms with Crippen molar-refractivity contribution in [3.05, 3.63) is 51.6 Å². The minimum atomic E-state index is -3.88. The Bertz CT molecular complexity index is 761. The van der Waals surface area contributed by atoms with Crippen molar-refractivity contribution < 1.29 is 13.3 Å². The molecule has 10 heteroatoms. The fraction of sp³-hybridized carbons (Fsp3) is 0.182. The van der Waals surface area contributed by atoms with Crippen LogP contribution in [0.1, 0.15) is 5.82 Å². The molecule has 2 aromatic rings. The summed E-state index contributed by atoms with van der Waals surface area (Å²) in [5.41, 5.74) is -0.454. The smallest absolute Gasteiger partial charge is 0.289 e. The van der Waals surface area contributed by atoms with Crippen molar-refractivity contribution in [2.75, 3.05) is 7.05 Å². The molecule has 0 amide bonds. The third-order valence-electron chi connectivity index (χ3n) is 2.75. The molecule has 1 N–H and O–H groups in total. The average Bonchev–Trinajstić information content (AvgIpc) is 2.91. The maximum atomic E-state index is 12.4.